The van der Waals surface area contributed by atoms with Crippen LogP contribution in [0, 0.1) is 12.4 Å². The molecular formula is C20H24N2OY-2. The van der Waals surface area contributed by atoms with E-state index in [0.29, 0.717) is 5.57 Å². The largest absolute Gasteiger partial charge is 0.395 e. The number of imidazole rings is 1. The number of fused-ring (bicyclic) bond motifs is 1. The van der Waals surface area contributed by atoms with Crippen molar-refractivity contribution in [2.75, 3.05) is 0 Å². The fourth-order valence-corrected chi connectivity index (χ4v) is 1.99. The third kappa shape index (κ3) is 5.96. The van der Waals surface area contributed by atoms with Gasteiger partial charge >= 0.3 is 0 Å². The van der Waals surface area contributed by atoms with Gasteiger partial charge in [-0.3, -0.25) is 0 Å². The summed E-state index contributed by atoms with van der Waals surface area (Å²) >= 11 is 0. The van der Waals surface area contributed by atoms with E-state index in [1.165, 1.54) is 4.57 Å². The van der Waals surface area contributed by atoms with Crippen molar-refractivity contribution in [1.29, 1.82) is 0 Å². The molecule has 1 aromatic rings. The van der Waals surface area contributed by atoms with Gasteiger partial charge in [0.2, 0.25) is 0 Å². The van der Waals surface area contributed by atoms with E-state index in [1.807, 2.05) is 64.2 Å². The van der Waals surface area contributed by atoms with Crippen LogP contribution in [0.2, 0.25) is 0 Å². The predicted octanol–water partition coefficient (Wildman–Crippen LogP) is 3.14. The Bertz CT molecular complexity index is 749. The van der Waals surface area contributed by atoms with Gasteiger partial charge in [-0.05, 0) is 17.1 Å². The molecule has 0 saturated carbocycles. The predicted molar refractivity (Wildman–Crippen MR) is 96.0 cm³/mol. The van der Waals surface area contributed by atoms with E-state index in [1.54, 1.807) is 12.2 Å². The smallest absolute Gasteiger partial charge is 0.160 e. The molecule has 1 aromatic heterocycles. The number of hydrogen-bond acceptors (Lipinski definition) is 2. The van der Waals surface area contributed by atoms with Crippen molar-refractivity contribution in [3.8, 4) is 0 Å². The Labute approximate surface area is 170 Å². The van der Waals surface area contributed by atoms with Gasteiger partial charge in [0.05, 0.1) is 0 Å². The summed E-state index contributed by atoms with van der Waals surface area (Å²) in [5.74, 6) is -0.156. The number of carbonyl (C=O) groups excluding carboxylic acids is 1. The van der Waals surface area contributed by atoms with Crippen LogP contribution >= 0.6 is 0 Å². The Morgan fingerprint density at radius 3 is 2.62 bits per heavy atom. The first-order valence-electron chi connectivity index (χ1n) is 8.19. The molecule has 0 spiro atoms. The maximum Gasteiger partial charge on any atom is 0.160 e. The van der Waals surface area contributed by atoms with Crippen LogP contribution in [0.3, 0.4) is 0 Å². The quantitative estimate of drug-likeness (QED) is 0.683. The molecule has 0 aromatic carbocycles. The molecule has 2 aliphatic carbocycles. The van der Waals surface area contributed by atoms with Crippen LogP contribution in [-0.4, -0.2) is 15.5 Å². The molecule has 1 heterocycles. The summed E-state index contributed by atoms with van der Waals surface area (Å²) in [6.07, 6.45) is 22.7. The van der Waals surface area contributed by atoms with Gasteiger partial charge in [-0.2, -0.15) is 6.08 Å². The summed E-state index contributed by atoms with van der Waals surface area (Å²) in [6.45, 7) is 8.00. The van der Waals surface area contributed by atoms with E-state index < -0.39 is 0 Å². The van der Waals surface area contributed by atoms with Gasteiger partial charge in [-0.25, -0.2) is 0 Å². The number of rotatable bonds is 1. The standard InChI is InChI=1S/C16H12N2O.2C2H6.Y/c19-16(13-8-4-1-2-5-9-13)18-12-17-14-10-6-3-7-11-15(14)18;2*1-2;/h1,3-5,7,9-11H,2,6H2;2*1-2H3;/q-2;;;. The second-order valence-corrected chi connectivity index (χ2v) is 4.26. The fourth-order valence-electron chi connectivity index (χ4n) is 1.99. The molecule has 0 aliphatic heterocycles. The number of aromatic nitrogens is 2. The summed E-state index contributed by atoms with van der Waals surface area (Å²) in [5, 5.41) is 1.57. The summed E-state index contributed by atoms with van der Waals surface area (Å²) in [4.78, 5) is 16.6. The molecule has 3 rings (SSSR count). The molecule has 125 valence electrons. The molecule has 0 saturated heterocycles. The van der Waals surface area contributed by atoms with Crippen LogP contribution in [0.1, 0.15) is 45.3 Å². The molecule has 0 fully saturated rings. The maximum atomic E-state index is 12.4. The van der Waals surface area contributed by atoms with E-state index in [0.717, 1.165) is 23.5 Å². The Kier molecular flexibility index (Phi) is 12.3. The second-order valence-electron chi connectivity index (χ2n) is 4.26. The van der Waals surface area contributed by atoms with Crippen molar-refractivity contribution in [3.63, 3.8) is 0 Å². The number of allylic oxidation sites excluding steroid dienone is 8. The van der Waals surface area contributed by atoms with Crippen molar-refractivity contribution in [2.24, 2.45) is 0 Å². The van der Waals surface area contributed by atoms with Crippen molar-refractivity contribution < 1.29 is 37.5 Å². The van der Waals surface area contributed by atoms with Gasteiger partial charge in [0.25, 0.3) is 0 Å². The molecule has 24 heavy (non-hydrogen) atoms. The van der Waals surface area contributed by atoms with E-state index in [9.17, 15) is 4.79 Å². The van der Waals surface area contributed by atoms with Gasteiger partial charge < -0.3 is 14.3 Å². The molecule has 4 heteroatoms. The van der Waals surface area contributed by atoms with Gasteiger partial charge in [0, 0.05) is 39.0 Å². The fraction of sp³-hybridized carbons (Fsp3) is 0.300. The summed E-state index contributed by atoms with van der Waals surface area (Å²) in [5.41, 5.74) is 0.520. The van der Waals surface area contributed by atoms with Gasteiger partial charge in [0.15, 0.2) is 5.91 Å². The SMILES string of the molecule is CC.CC.O=C(C1=[C-]C=CCC=C1)n1[c-]nc2c1=CC=CCC=2.[Y]. The van der Waals surface area contributed by atoms with Crippen molar-refractivity contribution in [2.45, 2.75) is 40.5 Å². The summed E-state index contributed by atoms with van der Waals surface area (Å²) in [7, 11) is 0. The monoisotopic (exact) mass is 397 g/mol. The zero-order valence-electron chi connectivity index (χ0n) is 14.9. The Balaban J connectivity index is 0.000000987. The molecular weight excluding hydrogens is 373 g/mol. The summed E-state index contributed by atoms with van der Waals surface area (Å²) < 4.78 is 1.45. The number of carbonyl (C=O) groups is 1. The minimum atomic E-state index is -0.156. The average molecular weight is 397 g/mol. The van der Waals surface area contributed by atoms with Crippen LogP contribution in [0.5, 0.6) is 0 Å². The molecule has 0 unspecified atom stereocenters. The van der Waals surface area contributed by atoms with Crippen LogP contribution < -0.4 is 10.7 Å². The van der Waals surface area contributed by atoms with Gasteiger partial charge in [-0.15, -0.1) is 30.4 Å². The van der Waals surface area contributed by atoms with Crippen molar-refractivity contribution in [3.05, 3.63) is 65.1 Å². The first kappa shape index (κ1) is 22.7. The van der Waals surface area contributed by atoms with Crippen molar-refractivity contribution in [1.82, 2.24) is 9.55 Å². The molecule has 0 amide bonds. The Hall–Kier alpha value is -1.32. The van der Waals surface area contributed by atoms with Gasteiger partial charge in [0.1, 0.15) is 0 Å². The molecule has 1 radical (unpaired) electrons. The topological polar surface area (TPSA) is 34.9 Å². The second kappa shape index (κ2) is 13.0. The minimum Gasteiger partial charge on any atom is -0.395 e. The third-order valence-corrected chi connectivity index (χ3v) is 2.96. The molecule has 3 nitrogen and oxygen atoms in total. The molecule has 0 bridgehead atoms. The first-order valence-corrected chi connectivity index (χ1v) is 8.19. The van der Waals surface area contributed by atoms with Crippen LogP contribution in [0.4, 0.5) is 0 Å². The number of hydrogen-bond donors (Lipinski definition) is 0. The van der Waals surface area contributed by atoms with Crippen molar-refractivity contribution >= 4 is 18.1 Å². The average Bonchev–Trinajstić information content (AvgIpc) is 2.83. The van der Waals surface area contributed by atoms with E-state index in [4.69, 9.17) is 0 Å². The Morgan fingerprint density at radius 2 is 1.88 bits per heavy atom. The zero-order chi connectivity index (χ0) is 17.1. The maximum absolute atomic E-state index is 12.4. The van der Waals surface area contributed by atoms with Crippen LogP contribution in [0.15, 0.2) is 42.0 Å². The van der Waals surface area contributed by atoms with E-state index in [2.05, 4.69) is 17.4 Å². The third-order valence-electron chi connectivity index (χ3n) is 2.96. The Morgan fingerprint density at radius 1 is 1.12 bits per heavy atom. The minimum absolute atomic E-state index is 0. The van der Waals surface area contributed by atoms with Crippen LogP contribution in [-0.2, 0) is 32.7 Å². The first-order chi connectivity index (χ1) is 11.4. The number of nitrogens with zero attached hydrogens (tertiary/aromatic N) is 2. The van der Waals surface area contributed by atoms with E-state index >= 15 is 0 Å². The molecule has 2 aliphatic rings. The molecule has 0 N–H and O–H groups in total. The van der Waals surface area contributed by atoms with Crippen LogP contribution in [0.25, 0.3) is 12.2 Å². The molecule has 0 atom stereocenters. The van der Waals surface area contributed by atoms with Gasteiger partial charge in [-0.1, -0.05) is 57.9 Å². The normalized spacial score (nSPS) is 13.8. The zero-order valence-corrected chi connectivity index (χ0v) is 17.8. The summed E-state index contributed by atoms with van der Waals surface area (Å²) in [6, 6.07) is 0. The van der Waals surface area contributed by atoms with E-state index in [-0.39, 0.29) is 38.6 Å².